The van der Waals surface area contributed by atoms with E-state index in [4.69, 9.17) is 0 Å². The molecule has 0 unspecified atom stereocenters. The molecule has 0 saturated heterocycles. The second-order valence-corrected chi connectivity index (χ2v) is 7.17. The van der Waals surface area contributed by atoms with Gasteiger partial charge in [-0.2, -0.15) is 0 Å². The summed E-state index contributed by atoms with van der Waals surface area (Å²) in [5, 5.41) is 3.40. The van der Waals surface area contributed by atoms with Crippen molar-refractivity contribution in [2.75, 3.05) is 5.32 Å². The standard InChI is InChI=1S/C20H25NO2/c1-11-7-5-6-8-16(11)21-18-17(19(22)20(18)23)15-10-13(3)12(2)9-14(15)4/h9-11,16,21H,5-8H2,1-4H3/t11-,16-/m1/s1. The van der Waals surface area contributed by atoms with E-state index in [1.165, 1.54) is 24.8 Å². The highest BCUT2D eigenvalue weighted by Gasteiger charge is 2.28. The monoisotopic (exact) mass is 311 g/mol. The molecule has 23 heavy (non-hydrogen) atoms. The maximum atomic E-state index is 12.2. The van der Waals surface area contributed by atoms with Gasteiger partial charge in [0.1, 0.15) is 0 Å². The van der Waals surface area contributed by atoms with Crippen LogP contribution in [0.5, 0.6) is 0 Å². The van der Waals surface area contributed by atoms with Crippen LogP contribution >= 0.6 is 0 Å². The quantitative estimate of drug-likeness (QED) is 0.875. The molecular weight excluding hydrogens is 286 g/mol. The van der Waals surface area contributed by atoms with E-state index in [2.05, 4.69) is 25.2 Å². The first kappa shape index (κ1) is 16.0. The summed E-state index contributed by atoms with van der Waals surface area (Å²) in [6, 6.07) is 4.43. The molecular formula is C20H25NO2. The van der Waals surface area contributed by atoms with Gasteiger partial charge in [0.15, 0.2) is 0 Å². The van der Waals surface area contributed by atoms with Crippen LogP contribution in [-0.2, 0) is 0 Å². The van der Waals surface area contributed by atoms with E-state index < -0.39 is 0 Å². The Bertz CT molecular complexity index is 812. The van der Waals surface area contributed by atoms with Crippen LogP contribution < -0.4 is 16.2 Å². The van der Waals surface area contributed by atoms with Gasteiger partial charge in [0.2, 0.25) is 10.9 Å². The van der Waals surface area contributed by atoms with Gasteiger partial charge >= 0.3 is 0 Å². The van der Waals surface area contributed by atoms with Gasteiger partial charge in [-0.05, 0) is 61.8 Å². The Labute approximate surface area is 137 Å². The molecule has 2 aromatic carbocycles. The number of anilines is 1. The van der Waals surface area contributed by atoms with Gasteiger partial charge in [-0.15, -0.1) is 0 Å². The maximum absolute atomic E-state index is 12.2. The second-order valence-electron chi connectivity index (χ2n) is 7.17. The summed E-state index contributed by atoms with van der Waals surface area (Å²) >= 11 is 0. The Morgan fingerprint density at radius 1 is 0.913 bits per heavy atom. The van der Waals surface area contributed by atoms with Crippen LogP contribution in [0.25, 0.3) is 11.1 Å². The summed E-state index contributed by atoms with van der Waals surface area (Å²) in [5.41, 5.74) is 4.76. The van der Waals surface area contributed by atoms with Gasteiger partial charge in [-0.3, -0.25) is 9.59 Å². The Morgan fingerprint density at radius 3 is 2.26 bits per heavy atom. The van der Waals surface area contributed by atoms with E-state index in [-0.39, 0.29) is 10.9 Å². The summed E-state index contributed by atoms with van der Waals surface area (Å²) in [4.78, 5) is 24.3. The number of aryl methyl sites for hydroxylation is 3. The smallest absolute Gasteiger partial charge is 0.250 e. The number of rotatable bonds is 3. The third-order valence-electron chi connectivity index (χ3n) is 5.46. The molecule has 2 aromatic rings. The number of benzene rings is 1. The van der Waals surface area contributed by atoms with Crippen LogP contribution in [0.1, 0.15) is 49.3 Å². The largest absolute Gasteiger partial charge is 0.378 e. The van der Waals surface area contributed by atoms with Gasteiger partial charge in [-0.1, -0.05) is 31.9 Å². The molecule has 0 aliphatic heterocycles. The van der Waals surface area contributed by atoms with Gasteiger partial charge in [0, 0.05) is 6.04 Å². The molecule has 0 amide bonds. The Balaban J connectivity index is 1.99. The lowest BCUT2D eigenvalue weighted by Gasteiger charge is -2.31. The minimum absolute atomic E-state index is 0.303. The second kappa shape index (κ2) is 5.95. The van der Waals surface area contributed by atoms with Crippen LogP contribution in [0.3, 0.4) is 0 Å². The summed E-state index contributed by atoms with van der Waals surface area (Å²) < 4.78 is 0. The van der Waals surface area contributed by atoms with Crippen molar-refractivity contribution in [1.29, 1.82) is 0 Å². The maximum Gasteiger partial charge on any atom is 0.250 e. The van der Waals surface area contributed by atoms with Crippen molar-refractivity contribution in [3.63, 3.8) is 0 Å². The first-order valence-electron chi connectivity index (χ1n) is 8.58. The zero-order valence-corrected chi connectivity index (χ0v) is 14.5. The van der Waals surface area contributed by atoms with Crippen LogP contribution in [0.2, 0.25) is 0 Å². The molecule has 1 saturated carbocycles. The van der Waals surface area contributed by atoms with E-state index in [0.717, 1.165) is 23.1 Å². The number of hydrogen-bond acceptors (Lipinski definition) is 3. The Morgan fingerprint density at radius 2 is 1.57 bits per heavy atom. The molecule has 122 valence electrons. The van der Waals surface area contributed by atoms with Crippen molar-refractivity contribution >= 4 is 5.69 Å². The third kappa shape index (κ3) is 2.73. The van der Waals surface area contributed by atoms with E-state index in [9.17, 15) is 9.59 Å². The van der Waals surface area contributed by atoms with Crippen molar-refractivity contribution in [3.8, 4) is 11.1 Å². The van der Waals surface area contributed by atoms with Gasteiger partial charge in [-0.25, -0.2) is 0 Å². The fraction of sp³-hybridized carbons (Fsp3) is 0.500. The third-order valence-corrected chi connectivity index (χ3v) is 5.46. The molecule has 1 aliphatic carbocycles. The topological polar surface area (TPSA) is 46.2 Å². The average Bonchev–Trinajstić information content (AvgIpc) is 2.53. The predicted molar refractivity (Wildman–Crippen MR) is 96.0 cm³/mol. The zero-order chi connectivity index (χ0) is 16.7. The first-order valence-corrected chi connectivity index (χ1v) is 8.58. The summed E-state index contributed by atoms with van der Waals surface area (Å²) in [7, 11) is 0. The van der Waals surface area contributed by atoms with Crippen molar-refractivity contribution in [3.05, 3.63) is 49.3 Å². The lowest BCUT2D eigenvalue weighted by atomic mass is 9.84. The highest BCUT2D eigenvalue weighted by atomic mass is 16.2. The number of nitrogens with one attached hydrogen (secondary N) is 1. The van der Waals surface area contributed by atoms with E-state index in [1.54, 1.807) is 0 Å². The molecule has 3 nitrogen and oxygen atoms in total. The van der Waals surface area contributed by atoms with Gasteiger partial charge in [0.25, 0.3) is 0 Å². The first-order chi connectivity index (χ1) is 10.9. The van der Waals surface area contributed by atoms with Crippen LogP contribution in [0, 0.1) is 26.7 Å². The fourth-order valence-electron chi connectivity index (χ4n) is 3.73. The molecule has 2 atom stereocenters. The lowest BCUT2D eigenvalue weighted by Crippen LogP contribution is -2.41. The van der Waals surface area contributed by atoms with Crippen LogP contribution in [-0.4, -0.2) is 6.04 Å². The van der Waals surface area contributed by atoms with E-state index >= 15 is 0 Å². The highest BCUT2D eigenvalue weighted by molar-refractivity contribution is 5.84. The minimum Gasteiger partial charge on any atom is -0.378 e. The zero-order valence-electron chi connectivity index (χ0n) is 14.5. The fourth-order valence-corrected chi connectivity index (χ4v) is 3.73. The van der Waals surface area contributed by atoms with Crippen molar-refractivity contribution in [1.82, 2.24) is 0 Å². The van der Waals surface area contributed by atoms with E-state index in [1.807, 2.05) is 19.9 Å². The normalized spacial score (nSPS) is 21.6. The average molecular weight is 311 g/mol. The molecule has 1 aliphatic rings. The van der Waals surface area contributed by atoms with Gasteiger partial charge < -0.3 is 5.32 Å². The molecule has 1 N–H and O–H groups in total. The molecule has 0 radical (unpaired) electrons. The number of hydrogen-bond donors (Lipinski definition) is 1. The van der Waals surface area contributed by atoms with Crippen LogP contribution in [0.4, 0.5) is 5.69 Å². The molecule has 0 aromatic heterocycles. The van der Waals surface area contributed by atoms with Crippen molar-refractivity contribution < 1.29 is 0 Å². The minimum atomic E-state index is -0.351. The lowest BCUT2D eigenvalue weighted by molar-refractivity contribution is 0.349. The summed E-state index contributed by atoms with van der Waals surface area (Å²) in [6.45, 7) is 8.34. The highest BCUT2D eigenvalue weighted by Crippen LogP contribution is 2.32. The Kier molecular flexibility index (Phi) is 4.13. The Hall–Kier alpha value is -1.90. The summed E-state index contributed by atoms with van der Waals surface area (Å²) in [5.74, 6) is 0.543. The molecule has 0 bridgehead atoms. The summed E-state index contributed by atoms with van der Waals surface area (Å²) in [6.07, 6.45) is 4.71. The molecule has 0 heterocycles. The van der Waals surface area contributed by atoms with Crippen molar-refractivity contribution in [2.45, 2.75) is 59.4 Å². The van der Waals surface area contributed by atoms with E-state index in [0.29, 0.717) is 23.2 Å². The predicted octanol–water partition coefficient (Wildman–Crippen LogP) is 3.87. The molecule has 3 heteroatoms. The SMILES string of the molecule is Cc1cc(C)c(-c2c(N[C@@H]3CCCC[C@H]3C)c(=O)c2=O)cc1C. The molecule has 0 spiro atoms. The van der Waals surface area contributed by atoms with Gasteiger partial charge in [0.05, 0.1) is 11.3 Å². The van der Waals surface area contributed by atoms with Crippen molar-refractivity contribution in [2.24, 2.45) is 5.92 Å². The molecule has 3 rings (SSSR count). The van der Waals surface area contributed by atoms with Crippen LogP contribution in [0.15, 0.2) is 21.7 Å². The molecule has 1 fully saturated rings.